The molecule has 1 saturated carbocycles. The molecule has 14 heavy (non-hydrogen) atoms. The first-order chi connectivity index (χ1) is 6.58. The van der Waals surface area contributed by atoms with Crippen LogP contribution in [0.25, 0.3) is 0 Å². The third-order valence-corrected chi connectivity index (χ3v) is 3.74. The molecule has 0 amide bonds. The van der Waals surface area contributed by atoms with Crippen LogP contribution in [0.4, 0.5) is 0 Å². The Bertz CT molecular complexity index is 196. The molecule has 82 valence electrons. The molecule has 1 saturated heterocycles. The SMILES string of the molecule is CC1CN(CCC2CC2)C(C)(C)CN1. The van der Waals surface area contributed by atoms with E-state index in [4.69, 9.17) is 0 Å². The van der Waals surface area contributed by atoms with Crippen LogP contribution in [0, 0.1) is 5.92 Å². The summed E-state index contributed by atoms with van der Waals surface area (Å²) in [4.78, 5) is 2.67. The van der Waals surface area contributed by atoms with Crippen LogP contribution in [0.5, 0.6) is 0 Å². The lowest BCUT2D eigenvalue weighted by Gasteiger charge is -2.45. The summed E-state index contributed by atoms with van der Waals surface area (Å²) in [6, 6.07) is 0.669. The van der Waals surface area contributed by atoms with Crippen LogP contribution in [0.3, 0.4) is 0 Å². The van der Waals surface area contributed by atoms with Gasteiger partial charge in [-0.15, -0.1) is 0 Å². The zero-order chi connectivity index (χ0) is 10.2. The first-order valence-electron chi connectivity index (χ1n) is 6.06. The summed E-state index contributed by atoms with van der Waals surface area (Å²) >= 11 is 0. The normalized spacial score (nSPS) is 33.2. The smallest absolute Gasteiger partial charge is 0.0278 e. The van der Waals surface area contributed by atoms with Crippen molar-refractivity contribution in [3.05, 3.63) is 0 Å². The Morgan fingerprint density at radius 2 is 2.07 bits per heavy atom. The number of hydrogen-bond acceptors (Lipinski definition) is 2. The monoisotopic (exact) mass is 196 g/mol. The Hall–Kier alpha value is -0.0800. The van der Waals surface area contributed by atoms with E-state index in [-0.39, 0.29) is 0 Å². The lowest BCUT2D eigenvalue weighted by molar-refractivity contribution is 0.0676. The highest BCUT2D eigenvalue weighted by molar-refractivity contribution is 4.92. The lowest BCUT2D eigenvalue weighted by Crippen LogP contribution is -2.61. The van der Waals surface area contributed by atoms with Crippen LogP contribution < -0.4 is 5.32 Å². The van der Waals surface area contributed by atoms with Gasteiger partial charge in [0.1, 0.15) is 0 Å². The largest absolute Gasteiger partial charge is 0.311 e. The molecule has 2 nitrogen and oxygen atoms in total. The number of hydrogen-bond donors (Lipinski definition) is 1. The molecule has 0 spiro atoms. The maximum Gasteiger partial charge on any atom is 0.0278 e. The van der Waals surface area contributed by atoms with Crippen LogP contribution in [-0.4, -0.2) is 36.1 Å². The van der Waals surface area contributed by atoms with Crippen molar-refractivity contribution < 1.29 is 0 Å². The van der Waals surface area contributed by atoms with Gasteiger partial charge in [-0.3, -0.25) is 4.90 Å². The molecule has 1 N–H and O–H groups in total. The van der Waals surface area contributed by atoms with E-state index in [9.17, 15) is 0 Å². The predicted molar refractivity (Wildman–Crippen MR) is 60.5 cm³/mol. The maximum absolute atomic E-state index is 3.56. The lowest BCUT2D eigenvalue weighted by atomic mass is 9.97. The first-order valence-corrected chi connectivity index (χ1v) is 6.06. The van der Waals surface area contributed by atoms with Gasteiger partial charge < -0.3 is 5.32 Å². The summed E-state index contributed by atoms with van der Waals surface area (Å²) in [6.07, 6.45) is 4.40. The van der Waals surface area contributed by atoms with Crippen molar-refractivity contribution in [2.45, 2.75) is 51.6 Å². The fourth-order valence-electron chi connectivity index (χ4n) is 2.32. The van der Waals surface area contributed by atoms with Gasteiger partial charge in [0.05, 0.1) is 0 Å². The topological polar surface area (TPSA) is 15.3 Å². The van der Waals surface area contributed by atoms with Gasteiger partial charge in [-0.05, 0) is 39.7 Å². The fraction of sp³-hybridized carbons (Fsp3) is 1.00. The average molecular weight is 196 g/mol. The zero-order valence-electron chi connectivity index (χ0n) is 9.84. The molecule has 1 aliphatic carbocycles. The van der Waals surface area contributed by atoms with Gasteiger partial charge in [0.15, 0.2) is 0 Å². The van der Waals surface area contributed by atoms with Crippen molar-refractivity contribution in [3.8, 4) is 0 Å². The van der Waals surface area contributed by atoms with Gasteiger partial charge in [-0.25, -0.2) is 0 Å². The zero-order valence-corrected chi connectivity index (χ0v) is 9.84. The van der Waals surface area contributed by atoms with E-state index in [0.717, 1.165) is 12.5 Å². The van der Waals surface area contributed by atoms with Crippen molar-refractivity contribution in [1.29, 1.82) is 0 Å². The Balaban J connectivity index is 1.84. The molecule has 2 rings (SSSR count). The second-order valence-corrected chi connectivity index (χ2v) is 5.77. The minimum atomic E-state index is 0.363. The highest BCUT2D eigenvalue weighted by atomic mass is 15.3. The summed E-state index contributed by atoms with van der Waals surface area (Å²) in [5.41, 5.74) is 0.363. The summed E-state index contributed by atoms with van der Waals surface area (Å²) in [5.74, 6) is 1.07. The van der Waals surface area contributed by atoms with Crippen LogP contribution in [-0.2, 0) is 0 Å². The summed E-state index contributed by atoms with van der Waals surface area (Å²) < 4.78 is 0. The Kier molecular flexibility index (Phi) is 2.85. The third kappa shape index (κ3) is 2.48. The highest BCUT2D eigenvalue weighted by Gasteiger charge is 2.33. The minimum absolute atomic E-state index is 0.363. The molecule has 1 aliphatic heterocycles. The molecule has 1 unspecified atom stereocenters. The van der Waals surface area contributed by atoms with Crippen LogP contribution in [0.15, 0.2) is 0 Å². The van der Waals surface area contributed by atoms with Crippen molar-refractivity contribution in [3.63, 3.8) is 0 Å². The molecular weight excluding hydrogens is 172 g/mol. The van der Waals surface area contributed by atoms with Crippen molar-refractivity contribution in [2.75, 3.05) is 19.6 Å². The molecule has 2 fully saturated rings. The highest BCUT2D eigenvalue weighted by Crippen LogP contribution is 2.33. The average Bonchev–Trinajstić information content (AvgIpc) is 2.90. The molecule has 2 aliphatic rings. The van der Waals surface area contributed by atoms with E-state index in [1.54, 1.807) is 0 Å². The standard InChI is InChI=1S/C12H24N2/c1-10-8-14(7-6-11-4-5-11)12(2,3)9-13-10/h10-11,13H,4-9H2,1-3H3. The van der Waals surface area contributed by atoms with E-state index in [2.05, 4.69) is 31.0 Å². The Morgan fingerprint density at radius 1 is 1.36 bits per heavy atom. The minimum Gasteiger partial charge on any atom is -0.311 e. The molecule has 0 radical (unpaired) electrons. The van der Waals surface area contributed by atoms with Gasteiger partial charge in [0.2, 0.25) is 0 Å². The Morgan fingerprint density at radius 3 is 2.71 bits per heavy atom. The molecule has 2 heteroatoms. The molecular formula is C12H24N2. The summed E-state index contributed by atoms with van der Waals surface area (Å²) in [5, 5.41) is 3.56. The second-order valence-electron chi connectivity index (χ2n) is 5.77. The van der Waals surface area contributed by atoms with Crippen molar-refractivity contribution in [2.24, 2.45) is 5.92 Å². The van der Waals surface area contributed by atoms with E-state index < -0.39 is 0 Å². The number of piperazine rings is 1. The van der Waals surface area contributed by atoms with Crippen molar-refractivity contribution >= 4 is 0 Å². The van der Waals surface area contributed by atoms with E-state index >= 15 is 0 Å². The van der Waals surface area contributed by atoms with Crippen LogP contribution in [0.1, 0.15) is 40.0 Å². The van der Waals surface area contributed by atoms with E-state index in [1.807, 2.05) is 0 Å². The molecule has 1 atom stereocenters. The molecule has 1 heterocycles. The number of rotatable bonds is 3. The van der Waals surface area contributed by atoms with Gasteiger partial charge >= 0.3 is 0 Å². The van der Waals surface area contributed by atoms with Gasteiger partial charge in [0, 0.05) is 24.7 Å². The first kappa shape index (κ1) is 10.4. The maximum atomic E-state index is 3.56. The molecule has 0 bridgehead atoms. The fourth-order valence-corrected chi connectivity index (χ4v) is 2.32. The quantitative estimate of drug-likeness (QED) is 0.741. The summed E-state index contributed by atoms with van der Waals surface area (Å²) in [7, 11) is 0. The Labute approximate surface area is 88.1 Å². The van der Waals surface area contributed by atoms with Gasteiger partial charge in [0.25, 0.3) is 0 Å². The van der Waals surface area contributed by atoms with E-state index in [0.29, 0.717) is 11.6 Å². The molecule has 0 aromatic rings. The van der Waals surface area contributed by atoms with Gasteiger partial charge in [-0.2, -0.15) is 0 Å². The van der Waals surface area contributed by atoms with Crippen LogP contribution in [0.2, 0.25) is 0 Å². The number of nitrogens with zero attached hydrogens (tertiary/aromatic N) is 1. The molecule has 0 aromatic carbocycles. The van der Waals surface area contributed by atoms with Crippen molar-refractivity contribution in [1.82, 2.24) is 10.2 Å². The van der Waals surface area contributed by atoms with Crippen LogP contribution >= 0.6 is 0 Å². The predicted octanol–water partition coefficient (Wildman–Crippen LogP) is 1.86. The summed E-state index contributed by atoms with van der Waals surface area (Å²) in [6.45, 7) is 10.7. The van der Waals surface area contributed by atoms with Gasteiger partial charge in [-0.1, -0.05) is 12.8 Å². The third-order valence-electron chi connectivity index (χ3n) is 3.74. The molecule has 0 aromatic heterocycles. The second kappa shape index (κ2) is 3.82. The number of nitrogens with one attached hydrogen (secondary N) is 1. The van der Waals surface area contributed by atoms with E-state index in [1.165, 1.54) is 32.4 Å².